The van der Waals surface area contributed by atoms with Crippen LogP contribution >= 0.6 is 0 Å². The topological polar surface area (TPSA) is 69.3 Å². The first-order chi connectivity index (χ1) is 9.83. The van der Waals surface area contributed by atoms with Crippen LogP contribution in [-0.4, -0.2) is 35.4 Å². The molecule has 106 valence electrons. The van der Waals surface area contributed by atoms with E-state index in [1.807, 2.05) is 16.9 Å². The van der Waals surface area contributed by atoms with Gasteiger partial charge in [0.15, 0.2) is 0 Å². The number of hydrogen-bond donors (Lipinski definition) is 1. The highest BCUT2D eigenvalue weighted by molar-refractivity contribution is 5.78. The van der Waals surface area contributed by atoms with Gasteiger partial charge in [0.1, 0.15) is 0 Å². The number of nitrogens with zero attached hydrogens (tertiary/aromatic N) is 2. The van der Waals surface area contributed by atoms with E-state index in [4.69, 9.17) is 9.15 Å². The molecule has 0 saturated carbocycles. The first kappa shape index (κ1) is 12.9. The minimum Gasteiger partial charge on any atom is -0.472 e. The molecular formula is C14H17N3O3. The number of amides is 1. The summed E-state index contributed by atoms with van der Waals surface area (Å²) in [6, 6.07) is 1.89. The van der Waals surface area contributed by atoms with Crippen molar-refractivity contribution in [2.75, 3.05) is 19.8 Å². The van der Waals surface area contributed by atoms with Crippen molar-refractivity contribution >= 4 is 5.91 Å². The second-order valence-corrected chi connectivity index (χ2v) is 4.86. The van der Waals surface area contributed by atoms with Crippen molar-refractivity contribution in [2.24, 2.45) is 5.92 Å². The fourth-order valence-electron chi connectivity index (χ4n) is 2.24. The summed E-state index contributed by atoms with van der Waals surface area (Å²) in [5.41, 5.74) is 2.01. The molecule has 1 saturated heterocycles. The Hall–Kier alpha value is -2.08. The van der Waals surface area contributed by atoms with E-state index in [9.17, 15) is 4.79 Å². The summed E-state index contributed by atoms with van der Waals surface area (Å²) in [6.07, 6.45) is 7.87. The van der Waals surface area contributed by atoms with Gasteiger partial charge in [-0.2, -0.15) is 5.10 Å². The van der Waals surface area contributed by atoms with E-state index in [0.717, 1.165) is 17.5 Å². The van der Waals surface area contributed by atoms with Crippen LogP contribution in [-0.2, 0) is 16.1 Å². The van der Waals surface area contributed by atoms with E-state index in [0.29, 0.717) is 26.3 Å². The lowest BCUT2D eigenvalue weighted by atomic mass is 10.1. The van der Waals surface area contributed by atoms with Gasteiger partial charge < -0.3 is 14.5 Å². The Bertz CT molecular complexity index is 556. The number of carbonyl (C=O) groups excluding carboxylic acids is 1. The van der Waals surface area contributed by atoms with E-state index in [1.165, 1.54) is 0 Å². The molecule has 6 nitrogen and oxygen atoms in total. The molecule has 20 heavy (non-hydrogen) atoms. The molecule has 6 heteroatoms. The van der Waals surface area contributed by atoms with Crippen LogP contribution < -0.4 is 5.32 Å². The smallest absolute Gasteiger partial charge is 0.225 e. The second-order valence-electron chi connectivity index (χ2n) is 4.86. The molecule has 2 aromatic heterocycles. The zero-order chi connectivity index (χ0) is 13.8. The van der Waals surface area contributed by atoms with E-state index in [2.05, 4.69) is 10.4 Å². The Morgan fingerprint density at radius 2 is 2.45 bits per heavy atom. The van der Waals surface area contributed by atoms with Crippen molar-refractivity contribution in [1.29, 1.82) is 0 Å². The van der Waals surface area contributed by atoms with Crippen molar-refractivity contribution in [3.63, 3.8) is 0 Å². The summed E-state index contributed by atoms with van der Waals surface area (Å²) in [6.45, 7) is 2.45. The molecule has 0 bridgehead atoms. The third-order valence-electron chi connectivity index (χ3n) is 3.43. The highest BCUT2D eigenvalue weighted by Crippen LogP contribution is 2.18. The number of carbonyl (C=O) groups is 1. The maximum Gasteiger partial charge on any atom is 0.225 e. The van der Waals surface area contributed by atoms with Gasteiger partial charge in [-0.05, 0) is 12.5 Å². The van der Waals surface area contributed by atoms with Crippen LogP contribution in [0.25, 0.3) is 11.1 Å². The van der Waals surface area contributed by atoms with Gasteiger partial charge in [0.2, 0.25) is 5.91 Å². The van der Waals surface area contributed by atoms with Gasteiger partial charge in [0.25, 0.3) is 0 Å². The summed E-state index contributed by atoms with van der Waals surface area (Å²) >= 11 is 0. The summed E-state index contributed by atoms with van der Waals surface area (Å²) in [5, 5.41) is 7.18. The van der Waals surface area contributed by atoms with E-state index >= 15 is 0 Å². The van der Waals surface area contributed by atoms with Crippen molar-refractivity contribution in [1.82, 2.24) is 15.1 Å². The van der Waals surface area contributed by atoms with Crippen LogP contribution in [0, 0.1) is 5.92 Å². The van der Waals surface area contributed by atoms with Gasteiger partial charge in [-0.1, -0.05) is 0 Å². The molecular weight excluding hydrogens is 258 g/mol. The maximum atomic E-state index is 11.8. The Morgan fingerprint density at radius 3 is 3.20 bits per heavy atom. The molecule has 1 N–H and O–H groups in total. The predicted molar refractivity (Wildman–Crippen MR) is 71.9 cm³/mol. The number of hydrogen-bond acceptors (Lipinski definition) is 4. The fraction of sp³-hybridized carbons (Fsp3) is 0.429. The normalized spacial score (nSPS) is 18.3. The van der Waals surface area contributed by atoms with Crippen LogP contribution in [0.15, 0.2) is 35.4 Å². The van der Waals surface area contributed by atoms with Gasteiger partial charge in [-0.25, -0.2) is 0 Å². The monoisotopic (exact) mass is 275 g/mol. The molecule has 1 aliphatic rings. The predicted octanol–water partition coefficient (Wildman–Crippen LogP) is 1.30. The average molecular weight is 275 g/mol. The molecule has 0 aliphatic carbocycles. The minimum absolute atomic E-state index is 0.00844. The lowest BCUT2D eigenvalue weighted by Crippen LogP contribution is -2.33. The molecule has 1 atom stereocenters. The molecule has 0 aromatic carbocycles. The molecule has 2 aromatic rings. The Balaban J connectivity index is 1.48. The Labute approximate surface area is 116 Å². The summed E-state index contributed by atoms with van der Waals surface area (Å²) in [4.78, 5) is 11.8. The summed E-state index contributed by atoms with van der Waals surface area (Å²) in [5.74, 6) is 0.0822. The highest BCUT2D eigenvalue weighted by Gasteiger charge is 2.22. The van der Waals surface area contributed by atoms with Crippen molar-refractivity contribution in [3.05, 3.63) is 31.0 Å². The Kier molecular flexibility index (Phi) is 3.83. The first-order valence-corrected chi connectivity index (χ1v) is 6.73. The van der Waals surface area contributed by atoms with E-state index in [1.54, 1.807) is 18.7 Å². The van der Waals surface area contributed by atoms with Gasteiger partial charge in [0.05, 0.1) is 37.8 Å². The lowest BCUT2D eigenvalue weighted by molar-refractivity contribution is -0.124. The van der Waals surface area contributed by atoms with Crippen molar-refractivity contribution in [3.8, 4) is 11.1 Å². The van der Waals surface area contributed by atoms with Crippen LogP contribution in [0.5, 0.6) is 0 Å². The molecule has 0 spiro atoms. The number of ether oxygens (including phenoxy) is 1. The SMILES string of the molecule is O=C(NCCn1cc(-c2ccoc2)cn1)[C@@H]1CCOC1. The summed E-state index contributed by atoms with van der Waals surface area (Å²) < 4.78 is 12.1. The summed E-state index contributed by atoms with van der Waals surface area (Å²) in [7, 11) is 0. The largest absolute Gasteiger partial charge is 0.472 e. The van der Waals surface area contributed by atoms with Gasteiger partial charge in [-0.3, -0.25) is 9.48 Å². The molecule has 1 aliphatic heterocycles. The number of nitrogens with one attached hydrogen (secondary N) is 1. The van der Waals surface area contributed by atoms with Gasteiger partial charge >= 0.3 is 0 Å². The van der Waals surface area contributed by atoms with Gasteiger partial charge in [0, 0.05) is 30.5 Å². The highest BCUT2D eigenvalue weighted by atomic mass is 16.5. The van der Waals surface area contributed by atoms with Gasteiger partial charge in [-0.15, -0.1) is 0 Å². The van der Waals surface area contributed by atoms with E-state index in [-0.39, 0.29) is 11.8 Å². The zero-order valence-electron chi connectivity index (χ0n) is 11.1. The van der Waals surface area contributed by atoms with Crippen molar-refractivity contribution < 1.29 is 13.9 Å². The Morgan fingerprint density at radius 1 is 1.50 bits per heavy atom. The quantitative estimate of drug-likeness (QED) is 0.893. The third kappa shape index (κ3) is 2.91. The standard InChI is InChI=1S/C14H17N3O3/c18-14(12-2-6-20-10-12)15-3-4-17-8-13(7-16-17)11-1-5-19-9-11/h1,5,7-9,12H,2-4,6,10H2,(H,15,18)/t12-/m1/s1. The second kappa shape index (κ2) is 5.92. The zero-order valence-corrected chi connectivity index (χ0v) is 11.1. The maximum absolute atomic E-state index is 11.8. The van der Waals surface area contributed by atoms with Crippen LogP contribution in [0.2, 0.25) is 0 Å². The minimum atomic E-state index is 0.00844. The number of furan rings is 1. The number of aromatic nitrogens is 2. The third-order valence-corrected chi connectivity index (χ3v) is 3.43. The van der Waals surface area contributed by atoms with Crippen LogP contribution in [0.4, 0.5) is 0 Å². The molecule has 1 fully saturated rings. The van der Waals surface area contributed by atoms with Crippen LogP contribution in [0.1, 0.15) is 6.42 Å². The first-order valence-electron chi connectivity index (χ1n) is 6.73. The lowest BCUT2D eigenvalue weighted by Gasteiger charge is -2.09. The molecule has 3 rings (SSSR count). The molecule has 1 amide bonds. The number of rotatable bonds is 5. The van der Waals surface area contributed by atoms with Crippen molar-refractivity contribution in [2.45, 2.75) is 13.0 Å². The molecule has 0 radical (unpaired) electrons. The van der Waals surface area contributed by atoms with Crippen LogP contribution in [0.3, 0.4) is 0 Å². The average Bonchev–Trinajstić information content (AvgIpc) is 3.20. The molecule has 3 heterocycles. The fourth-order valence-corrected chi connectivity index (χ4v) is 2.24. The van der Waals surface area contributed by atoms with E-state index < -0.39 is 0 Å². The molecule has 0 unspecified atom stereocenters.